The molecule has 1 amide bonds. The van der Waals surface area contributed by atoms with Gasteiger partial charge >= 0.3 is 5.97 Å². The molecular formula is C71H137NO5. The van der Waals surface area contributed by atoms with E-state index in [0.29, 0.717) is 19.4 Å². The maximum atomic E-state index is 12.5. The van der Waals surface area contributed by atoms with Gasteiger partial charge in [-0.15, -0.1) is 0 Å². The average molecular weight is 1080 g/mol. The Morgan fingerprint density at radius 1 is 0.351 bits per heavy atom. The molecule has 2 unspecified atom stereocenters. The first-order valence-electron chi connectivity index (χ1n) is 35.1. The van der Waals surface area contributed by atoms with Gasteiger partial charge in [0.25, 0.3) is 0 Å². The predicted molar refractivity (Wildman–Crippen MR) is 338 cm³/mol. The Labute approximate surface area is 481 Å². The van der Waals surface area contributed by atoms with E-state index in [4.69, 9.17) is 4.74 Å². The number of carbonyl (C=O) groups is 2. The fraction of sp³-hybridized carbons (Fsp3) is 0.915. The van der Waals surface area contributed by atoms with E-state index in [1.54, 1.807) is 6.08 Å². The van der Waals surface area contributed by atoms with Crippen LogP contribution in [-0.4, -0.2) is 47.4 Å². The molecule has 0 aromatic rings. The van der Waals surface area contributed by atoms with Crippen LogP contribution in [0.25, 0.3) is 0 Å². The van der Waals surface area contributed by atoms with Crippen LogP contribution in [0.3, 0.4) is 0 Å². The van der Waals surface area contributed by atoms with E-state index in [-0.39, 0.29) is 18.5 Å². The number of nitrogens with one attached hydrogen (secondary N) is 1. The van der Waals surface area contributed by atoms with Gasteiger partial charge in [-0.2, -0.15) is 0 Å². The number of unbranched alkanes of at least 4 members (excludes halogenated alkanes) is 53. The van der Waals surface area contributed by atoms with Crippen molar-refractivity contribution in [1.82, 2.24) is 5.32 Å². The van der Waals surface area contributed by atoms with Gasteiger partial charge in [-0.25, -0.2) is 0 Å². The lowest BCUT2D eigenvalue weighted by molar-refractivity contribution is -0.143. The second-order valence-electron chi connectivity index (χ2n) is 24.2. The third-order valence-corrected chi connectivity index (χ3v) is 16.5. The van der Waals surface area contributed by atoms with E-state index < -0.39 is 12.1 Å². The maximum Gasteiger partial charge on any atom is 0.305 e. The topological polar surface area (TPSA) is 95.9 Å². The highest BCUT2D eigenvalue weighted by atomic mass is 16.5. The molecule has 0 aromatic heterocycles. The first kappa shape index (κ1) is 75.3. The molecule has 0 heterocycles. The van der Waals surface area contributed by atoms with Crippen LogP contribution < -0.4 is 5.32 Å². The van der Waals surface area contributed by atoms with Crippen LogP contribution in [0.1, 0.15) is 393 Å². The number of hydrogen-bond acceptors (Lipinski definition) is 5. The molecule has 0 spiro atoms. The Morgan fingerprint density at radius 3 is 0.922 bits per heavy atom. The van der Waals surface area contributed by atoms with Crippen LogP contribution in [0.4, 0.5) is 0 Å². The fourth-order valence-electron chi connectivity index (χ4n) is 11.1. The standard InChI is InChI=1S/C71H137NO5/c1-3-5-7-9-11-13-15-17-19-21-22-23-25-28-32-35-39-43-47-51-55-59-63-69(74)68(67-73)72-70(75)64-60-56-52-48-44-40-36-33-29-26-24-27-30-34-38-42-46-50-54-58-62-66-77-71(76)65-61-57-53-49-45-41-37-31-20-18-16-14-12-10-8-6-4-2/h18,20,59,63,68-69,73-74H,3-17,19,21-58,60-62,64-67H2,1-2H3,(H,72,75)/b20-18-,63-59+. The Hall–Kier alpha value is -1.66. The van der Waals surface area contributed by atoms with Gasteiger partial charge in [0, 0.05) is 12.8 Å². The van der Waals surface area contributed by atoms with E-state index in [1.807, 2.05) is 6.08 Å². The molecule has 6 heteroatoms. The molecule has 0 bridgehead atoms. The second-order valence-corrected chi connectivity index (χ2v) is 24.2. The van der Waals surface area contributed by atoms with E-state index >= 15 is 0 Å². The molecule has 0 aromatic carbocycles. The Bertz CT molecular complexity index is 1200. The lowest BCUT2D eigenvalue weighted by atomic mass is 10.0. The molecule has 456 valence electrons. The zero-order valence-corrected chi connectivity index (χ0v) is 52.2. The number of aliphatic hydroxyl groups excluding tert-OH is 2. The Kier molecular flexibility index (Phi) is 65.4. The summed E-state index contributed by atoms with van der Waals surface area (Å²) in [5, 5.41) is 23.3. The molecule has 0 radical (unpaired) electrons. The number of carbonyl (C=O) groups excluding carboxylic acids is 2. The van der Waals surface area contributed by atoms with Crippen molar-refractivity contribution in [2.24, 2.45) is 0 Å². The molecule has 6 nitrogen and oxygen atoms in total. The highest BCUT2D eigenvalue weighted by Gasteiger charge is 2.18. The van der Waals surface area contributed by atoms with Crippen LogP contribution in [-0.2, 0) is 14.3 Å². The van der Waals surface area contributed by atoms with Crippen molar-refractivity contribution in [3.8, 4) is 0 Å². The summed E-state index contributed by atoms with van der Waals surface area (Å²) in [6.45, 7) is 4.93. The Morgan fingerprint density at radius 2 is 0.610 bits per heavy atom. The lowest BCUT2D eigenvalue weighted by Gasteiger charge is -2.20. The van der Waals surface area contributed by atoms with Crippen molar-refractivity contribution >= 4 is 11.9 Å². The predicted octanol–water partition coefficient (Wildman–Crippen LogP) is 22.5. The first-order valence-corrected chi connectivity index (χ1v) is 35.1. The molecule has 0 fully saturated rings. The minimum Gasteiger partial charge on any atom is -0.466 e. The lowest BCUT2D eigenvalue weighted by Crippen LogP contribution is -2.45. The number of esters is 1. The number of amides is 1. The normalized spacial score (nSPS) is 12.6. The van der Waals surface area contributed by atoms with Crippen molar-refractivity contribution in [3.05, 3.63) is 24.3 Å². The summed E-state index contributed by atoms with van der Waals surface area (Å²) in [7, 11) is 0. The number of aliphatic hydroxyl groups is 2. The molecule has 2 atom stereocenters. The average Bonchev–Trinajstić information content (AvgIpc) is 3.43. The minimum atomic E-state index is -0.846. The van der Waals surface area contributed by atoms with Gasteiger partial charge in [0.2, 0.25) is 5.91 Å². The molecule has 77 heavy (non-hydrogen) atoms. The van der Waals surface area contributed by atoms with E-state index in [2.05, 4.69) is 31.3 Å². The third-order valence-electron chi connectivity index (χ3n) is 16.5. The maximum absolute atomic E-state index is 12.5. The first-order chi connectivity index (χ1) is 38.0. The Balaban J connectivity index is 3.40. The number of rotatable bonds is 66. The summed E-state index contributed by atoms with van der Waals surface area (Å²) in [4.78, 5) is 24.6. The van der Waals surface area contributed by atoms with Gasteiger partial charge in [-0.3, -0.25) is 9.59 Å². The van der Waals surface area contributed by atoms with Gasteiger partial charge in [0.05, 0.1) is 25.4 Å². The summed E-state index contributed by atoms with van der Waals surface area (Å²) in [5.74, 6) is -0.0558. The zero-order valence-electron chi connectivity index (χ0n) is 52.2. The van der Waals surface area contributed by atoms with Crippen molar-refractivity contribution in [3.63, 3.8) is 0 Å². The molecule has 0 aliphatic heterocycles. The van der Waals surface area contributed by atoms with E-state index in [1.165, 1.54) is 321 Å². The summed E-state index contributed by atoms with van der Waals surface area (Å²) < 4.78 is 5.50. The van der Waals surface area contributed by atoms with Crippen LogP contribution in [0, 0.1) is 0 Å². The highest BCUT2D eigenvalue weighted by Crippen LogP contribution is 2.19. The van der Waals surface area contributed by atoms with Gasteiger partial charge in [-0.1, -0.05) is 346 Å². The van der Waals surface area contributed by atoms with Crippen molar-refractivity contribution < 1.29 is 24.5 Å². The second kappa shape index (κ2) is 66.8. The summed E-state index contributed by atoms with van der Waals surface area (Å²) in [5.41, 5.74) is 0. The summed E-state index contributed by atoms with van der Waals surface area (Å²) in [6.07, 6.45) is 83.9. The van der Waals surface area contributed by atoms with Gasteiger partial charge < -0.3 is 20.3 Å². The van der Waals surface area contributed by atoms with E-state index in [0.717, 1.165) is 44.9 Å². The SMILES string of the molecule is CCCCCCCC/C=C\CCCCCCCCCC(=O)OCCCCCCCCCCCCCCCCCCCCCCCC(=O)NC(CO)C(O)/C=C/CCCCCCCCCCCCCCCCCCCCCC. The molecule has 0 rings (SSSR count). The number of hydrogen-bond donors (Lipinski definition) is 3. The van der Waals surface area contributed by atoms with Gasteiger partial charge in [-0.05, 0) is 57.8 Å². The van der Waals surface area contributed by atoms with Crippen LogP contribution in [0.5, 0.6) is 0 Å². The largest absolute Gasteiger partial charge is 0.466 e. The highest BCUT2D eigenvalue weighted by molar-refractivity contribution is 5.76. The molecule has 0 saturated heterocycles. The quantitative estimate of drug-likeness (QED) is 0.0320. The summed E-state index contributed by atoms with van der Waals surface area (Å²) in [6, 6.07) is -0.630. The van der Waals surface area contributed by atoms with Crippen LogP contribution in [0.15, 0.2) is 24.3 Å². The van der Waals surface area contributed by atoms with Gasteiger partial charge in [0.1, 0.15) is 0 Å². The minimum absolute atomic E-state index is 0.00900. The number of allylic oxidation sites excluding steroid dienone is 3. The molecule has 3 N–H and O–H groups in total. The molecule has 0 aliphatic rings. The van der Waals surface area contributed by atoms with Crippen LogP contribution in [0.2, 0.25) is 0 Å². The number of ether oxygens (including phenoxy) is 1. The van der Waals surface area contributed by atoms with E-state index in [9.17, 15) is 19.8 Å². The van der Waals surface area contributed by atoms with Crippen molar-refractivity contribution in [2.45, 2.75) is 405 Å². The zero-order chi connectivity index (χ0) is 55.7. The van der Waals surface area contributed by atoms with Crippen LogP contribution >= 0.6 is 0 Å². The fourth-order valence-corrected chi connectivity index (χ4v) is 11.1. The van der Waals surface area contributed by atoms with Crippen molar-refractivity contribution in [2.75, 3.05) is 13.2 Å². The van der Waals surface area contributed by atoms with Crippen molar-refractivity contribution in [1.29, 1.82) is 0 Å². The smallest absolute Gasteiger partial charge is 0.305 e. The van der Waals surface area contributed by atoms with Gasteiger partial charge in [0.15, 0.2) is 0 Å². The monoisotopic (exact) mass is 1080 g/mol. The molecule has 0 saturated carbocycles. The molecular weight excluding hydrogens is 947 g/mol. The molecule has 0 aliphatic carbocycles. The third kappa shape index (κ3) is 63.4. The summed E-state index contributed by atoms with van der Waals surface area (Å²) >= 11 is 0.